The fourth-order valence-electron chi connectivity index (χ4n) is 2.28. The molecule has 11 heteroatoms. The van der Waals surface area contributed by atoms with Crippen LogP contribution in [0.3, 0.4) is 0 Å². The van der Waals surface area contributed by atoms with Crippen molar-refractivity contribution in [3.63, 3.8) is 0 Å². The van der Waals surface area contributed by atoms with Crippen LogP contribution in [0, 0.1) is 5.92 Å². The summed E-state index contributed by atoms with van der Waals surface area (Å²) >= 11 is 0.593. The van der Waals surface area contributed by atoms with Gasteiger partial charge in [0.1, 0.15) is 4.75 Å². The summed E-state index contributed by atoms with van der Waals surface area (Å²) in [5, 5.41) is 2.66. The van der Waals surface area contributed by atoms with Crippen molar-refractivity contribution in [2.75, 3.05) is 24.3 Å². The van der Waals surface area contributed by atoms with Crippen LogP contribution in [0.2, 0.25) is 0 Å². The molecule has 1 aliphatic heterocycles. The first-order chi connectivity index (χ1) is 11.4. The number of carbonyl (C=O) groups excluding carboxylic acids is 1. The number of nitrogens with zero attached hydrogens (tertiary/aromatic N) is 1. The summed E-state index contributed by atoms with van der Waals surface area (Å²) in [7, 11) is -3.81. The summed E-state index contributed by atoms with van der Waals surface area (Å²) in [6.45, 7) is 3.45. The van der Waals surface area contributed by atoms with Gasteiger partial charge in [0.05, 0.1) is 5.75 Å². The van der Waals surface area contributed by atoms with Crippen LogP contribution in [0.25, 0.3) is 0 Å². The summed E-state index contributed by atoms with van der Waals surface area (Å²) in [6.07, 6.45) is -3.43. The highest BCUT2D eigenvalue weighted by Gasteiger charge is 2.43. The van der Waals surface area contributed by atoms with E-state index >= 15 is 0 Å². The van der Waals surface area contributed by atoms with Crippen LogP contribution in [0.1, 0.15) is 32.4 Å². The Balaban J connectivity index is 2.09. The number of anilines is 1. The average Bonchev–Trinajstić information content (AvgIpc) is 2.96. The van der Waals surface area contributed by atoms with Crippen LogP contribution < -0.4 is 5.32 Å². The van der Waals surface area contributed by atoms with E-state index < -0.39 is 32.4 Å². The van der Waals surface area contributed by atoms with E-state index in [1.165, 1.54) is 13.8 Å². The van der Waals surface area contributed by atoms with Gasteiger partial charge < -0.3 is 10.1 Å². The van der Waals surface area contributed by atoms with Gasteiger partial charge in [-0.2, -0.15) is 13.2 Å². The maximum Gasteiger partial charge on any atom is 0.434 e. The molecule has 2 heterocycles. The van der Waals surface area contributed by atoms with Crippen molar-refractivity contribution in [2.45, 2.75) is 37.6 Å². The van der Waals surface area contributed by atoms with Gasteiger partial charge in [0, 0.05) is 18.6 Å². The SMILES string of the molecule is CC(C)(C(=O)Nc1nc(C(F)(F)F)cs1)S(=O)(=O)CC1CCOCC1. The van der Waals surface area contributed by atoms with Gasteiger partial charge in [-0.3, -0.25) is 4.79 Å². The third kappa shape index (κ3) is 4.70. The Kier molecular flexibility index (Phi) is 5.79. The van der Waals surface area contributed by atoms with E-state index in [9.17, 15) is 26.4 Å². The van der Waals surface area contributed by atoms with Crippen LogP contribution >= 0.6 is 11.3 Å². The lowest BCUT2D eigenvalue weighted by Gasteiger charge is -2.28. The molecule has 1 saturated heterocycles. The van der Waals surface area contributed by atoms with Crippen molar-refractivity contribution in [1.29, 1.82) is 0 Å². The van der Waals surface area contributed by atoms with Crippen LogP contribution in [-0.2, 0) is 25.5 Å². The number of nitrogens with one attached hydrogen (secondary N) is 1. The second-order valence-electron chi connectivity index (χ2n) is 6.34. The number of halogens is 3. The number of rotatable bonds is 5. The minimum atomic E-state index is -4.62. The molecule has 1 aromatic rings. The molecule has 1 N–H and O–H groups in total. The predicted octanol–water partition coefficient (Wildman–Crippen LogP) is 2.72. The van der Waals surface area contributed by atoms with Gasteiger partial charge >= 0.3 is 6.18 Å². The molecule has 142 valence electrons. The molecule has 6 nitrogen and oxygen atoms in total. The van der Waals surface area contributed by atoms with Crippen molar-refractivity contribution in [2.24, 2.45) is 5.92 Å². The number of sulfone groups is 1. The largest absolute Gasteiger partial charge is 0.434 e. The third-order valence-electron chi connectivity index (χ3n) is 4.14. The molecule has 0 unspecified atom stereocenters. The summed E-state index contributed by atoms with van der Waals surface area (Å²) in [5.41, 5.74) is -1.13. The normalized spacial score (nSPS) is 17.5. The Morgan fingerprint density at radius 1 is 1.36 bits per heavy atom. The fourth-order valence-corrected chi connectivity index (χ4v) is 4.70. The number of thiazole rings is 1. The van der Waals surface area contributed by atoms with Gasteiger partial charge in [0.15, 0.2) is 20.7 Å². The summed E-state index contributed by atoms with van der Waals surface area (Å²) in [4.78, 5) is 15.6. The quantitative estimate of drug-likeness (QED) is 0.821. The first-order valence-corrected chi connectivity index (χ1v) is 10.1. The van der Waals surface area contributed by atoms with E-state index in [2.05, 4.69) is 10.3 Å². The van der Waals surface area contributed by atoms with E-state index in [1.807, 2.05) is 0 Å². The number of hydrogen-bond donors (Lipinski definition) is 1. The van der Waals surface area contributed by atoms with E-state index in [0.717, 1.165) is 5.38 Å². The van der Waals surface area contributed by atoms with Gasteiger partial charge in [-0.25, -0.2) is 13.4 Å². The van der Waals surface area contributed by atoms with E-state index in [-0.39, 0.29) is 16.8 Å². The molecule has 1 amide bonds. The Hall–Kier alpha value is -1.20. The Morgan fingerprint density at radius 3 is 2.48 bits per heavy atom. The first-order valence-electron chi connectivity index (χ1n) is 7.58. The smallest absolute Gasteiger partial charge is 0.381 e. The zero-order chi connectivity index (χ0) is 18.9. The first kappa shape index (κ1) is 20.1. The maximum absolute atomic E-state index is 12.6. The van der Waals surface area contributed by atoms with Gasteiger partial charge in [-0.05, 0) is 32.6 Å². The summed E-state index contributed by atoms with van der Waals surface area (Å²) in [6, 6.07) is 0. The highest BCUT2D eigenvalue weighted by Crippen LogP contribution is 2.32. The topological polar surface area (TPSA) is 85.4 Å². The molecular weight excluding hydrogens is 381 g/mol. The summed E-state index contributed by atoms with van der Waals surface area (Å²) in [5.74, 6) is -1.16. The van der Waals surface area contributed by atoms with E-state index in [4.69, 9.17) is 4.74 Å². The van der Waals surface area contributed by atoms with E-state index in [0.29, 0.717) is 37.4 Å². The minimum absolute atomic E-state index is 0.0949. The monoisotopic (exact) mass is 400 g/mol. The van der Waals surface area contributed by atoms with Crippen molar-refractivity contribution in [3.8, 4) is 0 Å². The summed E-state index contributed by atoms with van der Waals surface area (Å²) < 4.78 is 66.3. The van der Waals surface area contributed by atoms with Crippen LogP contribution in [0.5, 0.6) is 0 Å². The Morgan fingerprint density at radius 2 is 1.96 bits per heavy atom. The lowest BCUT2D eigenvalue weighted by atomic mass is 10.0. The average molecular weight is 400 g/mol. The third-order valence-corrected chi connectivity index (χ3v) is 7.54. The van der Waals surface area contributed by atoms with Gasteiger partial charge in [0.2, 0.25) is 5.91 Å². The second kappa shape index (κ2) is 7.20. The number of hydrogen-bond acceptors (Lipinski definition) is 6. The van der Waals surface area contributed by atoms with Gasteiger partial charge in [-0.15, -0.1) is 11.3 Å². The number of alkyl halides is 3. The molecule has 0 spiro atoms. The molecule has 0 atom stereocenters. The molecule has 0 aliphatic carbocycles. The molecule has 0 aromatic carbocycles. The lowest BCUT2D eigenvalue weighted by Crippen LogP contribution is -2.47. The van der Waals surface area contributed by atoms with Crippen molar-refractivity contribution in [3.05, 3.63) is 11.1 Å². The number of ether oxygens (including phenoxy) is 1. The van der Waals surface area contributed by atoms with E-state index in [1.54, 1.807) is 0 Å². The molecule has 1 aromatic heterocycles. The molecule has 0 radical (unpaired) electrons. The van der Waals surface area contributed by atoms with Gasteiger partial charge in [0.25, 0.3) is 0 Å². The molecule has 0 bridgehead atoms. The Bertz CT molecular complexity index is 723. The van der Waals surface area contributed by atoms with Gasteiger partial charge in [-0.1, -0.05) is 0 Å². The van der Waals surface area contributed by atoms with Crippen molar-refractivity contribution < 1.29 is 31.1 Å². The Labute approximate surface area is 147 Å². The second-order valence-corrected chi connectivity index (χ2v) is 9.78. The fraction of sp³-hybridized carbons (Fsp3) is 0.714. The molecule has 1 fully saturated rings. The minimum Gasteiger partial charge on any atom is -0.381 e. The number of amides is 1. The molecule has 2 rings (SSSR count). The molecular formula is C14H19F3N2O4S2. The zero-order valence-electron chi connectivity index (χ0n) is 13.7. The van der Waals surface area contributed by atoms with Crippen LogP contribution in [-0.4, -0.2) is 43.0 Å². The molecule has 25 heavy (non-hydrogen) atoms. The number of carbonyl (C=O) groups is 1. The maximum atomic E-state index is 12.6. The van der Waals surface area contributed by atoms with Crippen molar-refractivity contribution in [1.82, 2.24) is 4.98 Å². The molecule has 0 saturated carbocycles. The predicted molar refractivity (Wildman–Crippen MR) is 87.2 cm³/mol. The van der Waals surface area contributed by atoms with Crippen LogP contribution in [0.4, 0.5) is 18.3 Å². The lowest BCUT2D eigenvalue weighted by molar-refractivity contribution is -0.140. The highest BCUT2D eigenvalue weighted by molar-refractivity contribution is 7.93. The van der Waals surface area contributed by atoms with Crippen molar-refractivity contribution >= 4 is 32.2 Å². The molecule has 1 aliphatic rings. The highest BCUT2D eigenvalue weighted by atomic mass is 32.2. The standard InChI is InChI=1S/C14H19F3N2O4S2/c1-13(2,25(21,22)8-9-3-5-23-6-4-9)11(20)19-12-18-10(7-24-12)14(15,16)17/h7,9H,3-6,8H2,1-2H3,(H,18,19,20). The number of aromatic nitrogens is 1. The van der Waals surface area contributed by atoms with Crippen LogP contribution in [0.15, 0.2) is 5.38 Å². The zero-order valence-corrected chi connectivity index (χ0v) is 15.4.